The molecule has 3 fully saturated rings. The second-order valence-corrected chi connectivity index (χ2v) is 8.02. The number of nitrogens with one attached hydrogen (secondary N) is 2. The predicted octanol–water partition coefficient (Wildman–Crippen LogP) is 2.16. The van der Waals surface area contributed by atoms with Crippen molar-refractivity contribution >= 4 is 17.8 Å². The van der Waals surface area contributed by atoms with Gasteiger partial charge in [0.2, 0.25) is 11.8 Å². The fraction of sp³-hybridized carbons (Fsp3) is 0.737. The Morgan fingerprint density at radius 3 is 2.08 bits per heavy atom. The van der Waals surface area contributed by atoms with Crippen LogP contribution in [0.4, 0.5) is 4.79 Å². The lowest BCUT2D eigenvalue weighted by Crippen LogP contribution is -2.54. The van der Waals surface area contributed by atoms with Crippen LogP contribution in [0.25, 0.3) is 0 Å². The molecular formula is C19H27N3O3. The summed E-state index contributed by atoms with van der Waals surface area (Å²) in [4.78, 5) is 39.3. The molecule has 0 aromatic heterocycles. The maximum Gasteiger partial charge on any atom is 0.316 e. The molecule has 0 aromatic rings. The fourth-order valence-corrected chi connectivity index (χ4v) is 5.21. The van der Waals surface area contributed by atoms with Gasteiger partial charge in [-0.25, -0.2) is 4.79 Å². The number of carbonyl (C=O) groups excluding carboxylic acids is 3. The number of allylic oxidation sites excluding steroid dienone is 2. The minimum Gasteiger partial charge on any atom is -0.335 e. The Morgan fingerprint density at radius 2 is 1.56 bits per heavy atom. The summed E-state index contributed by atoms with van der Waals surface area (Å²) in [5, 5.41) is 5.79. The van der Waals surface area contributed by atoms with Crippen LogP contribution in [0.2, 0.25) is 0 Å². The molecular weight excluding hydrogens is 318 g/mol. The van der Waals surface area contributed by atoms with Gasteiger partial charge in [-0.05, 0) is 44.4 Å². The van der Waals surface area contributed by atoms with Gasteiger partial charge in [0.15, 0.2) is 0 Å². The predicted molar refractivity (Wildman–Crippen MR) is 92.2 cm³/mol. The molecule has 0 unspecified atom stereocenters. The van der Waals surface area contributed by atoms with Gasteiger partial charge in [-0.3, -0.25) is 14.5 Å². The number of imide groups is 1. The lowest BCUT2D eigenvalue weighted by Gasteiger charge is -2.38. The maximum absolute atomic E-state index is 12.9. The van der Waals surface area contributed by atoms with Gasteiger partial charge in [-0.2, -0.15) is 0 Å². The third-order valence-electron chi connectivity index (χ3n) is 6.46. The van der Waals surface area contributed by atoms with Crippen LogP contribution in [0.5, 0.6) is 0 Å². The highest BCUT2D eigenvalue weighted by molar-refractivity contribution is 6.06. The van der Waals surface area contributed by atoms with Crippen molar-refractivity contribution in [1.29, 1.82) is 0 Å². The van der Waals surface area contributed by atoms with Gasteiger partial charge >= 0.3 is 6.03 Å². The quantitative estimate of drug-likeness (QED) is 0.608. The lowest BCUT2D eigenvalue weighted by molar-refractivity contribution is -0.142. The molecule has 6 nitrogen and oxygen atoms in total. The zero-order valence-corrected chi connectivity index (χ0v) is 14.7. The van der Waals surface area contributed by atoms with Crippen LogP contribution in [0.15, 0.2) is 12.2 Å². The number of carbonyl (C=O) groups is 3. The van der Waals surface area contributed by atoms with Gasteiger partial charge in [0.1, 0.15) is 6.17 Å². The molecule has 2 bridgehead atoms. The van der Waals surface area contributed by atoms with Crippen molar-refractivity contribution in [3.8, 4) is 0 Å². The topological polar surface area (TPSA) is 78.5 Å². The van der Waals surface area contributed by atoms with E-state index in [0.717, 1.165) is 38.5 Å². The zero-order chi connectivity index (χ0) is 17.6. The molecule has 4 amide bonds. The number of rotatable bonds is 3. The van der Waals surface area contributed by atoms with E-state index >= 15 is 0 Å². The van der Waals surface area contributed by atoms with Gasteiger partial charge in [0.05, 0.1) is 11.8 Å². The van der Waals surface area contributed by atoms with Crippen LogP contribution in [-0.2, 0) is 9.59 Å². The molecule has 0 radical (unpaired) electrons. The van der Waals surface area contributed by atoms with E-state index in [1.807, 2.05) is 0 Å². The van der Waals surface area contributed by atoms with Crippen LogP contribution < -0.4 is 10.6 Å². The molecule has 136 valence electrons. The minimum absolute atomic E-state index is 0.112. The third kappa shape index (κ3) is 2.85. The Kier molecular flexibility index (Phi) is 4.29. The first-order valence-electron chi connectivity index (χ1n) is 9.68. The van der Waals surface area contributed by atoms with E-state index in [1.54, 1.807) is 6.92 Å². The standard InChI is InChI=1S/C19H27N3O3/c1-11(20-19(25)21-14-5-3-2-4-6-14)22-17(23)15-12-7-8-13(10-9-12)16(15)18(22)24/h7-8,11-16H,2-6,9-10H2,1H3,(H2,20,21,25)/t11-,12-,13-,15-,16+/m0/s1. The Labute approximate surface area is 148 Å². The van der Waals surface area contributed by atoms with E-state index in [1.165, 1.54) is 11.3 Å². The Morgan fingerprint density at radius 1 is 1.00 bits per heavy atom. The SMILES string of the molecule is C[C@@H](NC(=O)NC1CCCCC1)N1C(=O)[C@@H]2[C@H](C1=O)[C@H]1C=C[C@H]2CC1. The first kappa shape index (κ1) is 16.6. The maximum atomic E-state index is 12.9. The molecule has 25 heavy (non-hydrogen) atoms. The lowest BCUT2D eigenvalue weighted by atomic mass is 9.63. The molecule has 0 spiro atoms. The molecule has 4 aliphatic carbocycles. The molecule has 6 heteroatoms. The Hall–Kier alpha value is -1.85. The van der Waals surface area contributed by atoms with Gasteiger partial charge < -0.3 is 10.6 Å². The summed E-state index contributed by atoms with van der Waals surface area (Å²) in [5.41, 5.74) is 0. The van der Waals surface area contributed by atoms with Crippen LogP contribution in [0, 0.1) is 23.7 Å². The fourth-order valence-electron chi connectivity index (χ4n) is 5.21. The molecule has 2 saturated carbocycles. The number of likely N-dealkylation sites (tertiary alicyclic amines) is 1. The van der Waals surface area contributed by atoms with Crippen molar-refractivity contribution in [2.24, 2.45) is 23.7 Å². The first-order chi connectivity index (χ1) is 12.1. The highest BCUT2D eigenvalue weighted by Crippen LogP contribution is 2.49. The monoisotopic (exact) mass is 345 g/mol. The van der Waals surface area contributed by atoms with Crippen LogP contribution in [0.3, 0.4) is 0 Å². The summed E-state index contributed by atoms with van der Waals surface area (Å²) < 4.78 is 0. The molecule has 5 rings (SSSR count). The number of urea groups is 1. The van der Waals surface area contributed by atoms with E-state index in [4.69, 9.17) is 0 Å². The van der Waals surface area contributed by atoms with Crippen molar-refractivity contribution in [2.45, 2.75) is 64.1 Å². The van der Waals surface area contributed by atoms with Crippen LogP contribution >= 0.6 is 0 Å². The molecule has 1 saturated heterocycles. The average molecular weight is 345 g/mol. The zero-order valence-electron chi connectivity index (χ0n) is 14.7. The summed E-state index contributed by atoms with van der Waals surface area (Å²) in [6, 6.07) is -0.0791. The van der Waals surface area contributed by atoms with Crippen molar-refractivity contribution < 1.29 is 14.4 Å². The smallest absolute Gasteiger partial charge is 0.316 e. The highest BCUT2D eigenvalue weighted by Gasteiger charge is 2.57. The third-order valence-corrected chi connectivity index (χ3v) is 6.46. The van der Waals surface area contributed by atoms with E-state index < -0.39 is 6.17 Å². The number of amides is 4. The molecule has 5 aliphatic rings. The van der Waals surface area contributed by atoms with Crippen molar-refractivity contribution in [3.63, 3.8) is 0 Å². The molecule has 0 aromatic carbocycles. The highest BCUT2D eigenvalue weighted by atomic mass is 16.2. The molecule has 1 aliphatic heterocycles. The van der Waals surface area contributed by atoms with Gasteiger partial charge in [0, 0.05) is 6.04 Å². The number of hydrogen-bond acceptors (Lipinski definition) is 3. The second kappa shape index (κ2) is 6.46. The van der Waals surface area contributed by atoms with Gasteiger partial charge in [0.25, 0.3) is 0 Å². The number of fused-ring (bicyclic) bond motifs is 1. The van der Waals surface area contributed by atoms with Crippen molar-refractivity contribution in [2.75, 3.05) is 0 Å². The first-order valence-corrected chi connectivity index (χ1v) is 9.68. The van der Waals surface area contributed by atoms with E-state index in [-0.39, 0.29) is 47.6 Å². The van der Waals surface area contributed by atoms with Crippen molar-refractivity contribution in [1.82, 2.24) is 15.5 Å². The normalized spacial score (nSPS) is 35.6. The van der Waals surface area contributed by atoms with Gasteiger partial charge in [-0.1, -0.05) is 31.4 Å². The minimum atomic E-state index is -0.603. The number of nitrogens with zero attached hydrogens (tertiary/aromatic N) is 1. The van der Waals surface area contributed by atoms with E-state index in [2.05, 4.69) is 22.8 Å². The summed E-state index contributed by atoms with van der Waals surface area (Å²) in [7, 11) is 0. The van der Waals surface area contributed by atoms with Crippen LogP contribution in [-0.4, -0.2) is 35.0 Å². The van der Waals surface area contributed by atoms with E-state index in [9.17, 15) is 14.4 Å². The summed E-state index contributed by atoms with van der Waals surface area (Å²) in [6.07, 6.45) is 11.1. The van der Waals surface area contributed by atoms with Crippen molar-refractivity contribution in [3.05, 3.63) is 12.2 Å². The molecule has 2 N–H and O–H groups in total. The Bertz CT molecular complexity index is 579. The summed E-state index contributed by atoms with van der Waals surface area (Å²) in [5.74, 6) is -0.303. The van der Waals surface area contributed by atoms with Gasteiger partial charge in [-0.15, -0.1) is 0 Å². The summed E-state index contributed by atoms with van der Waals surface area (Å²) in [6.45, 7) is 1.73. The molecule has 5 atom stereocenters. The number of hydrogen-bond donors (Lipinski definition) is 2. The second-order valence-electron chi connectivity index (χ2n) is 8.02. The largest absolute Gasteiger partial charge is 0.335 e. The summed E-state index contributed by atoms with van der Waals surface area (Å²) >= 11 is 0. The Balaban J connectivity index is 1.40. The van der Waals surface area contributed by atoms with Crippen LogP contribution in [0.1, 0.15) is 51.9 Å². The average Bonchev–Trinajstić information content (AvgIpc) is 2.90. The molecule has 1 heterocycles. The van der Waals surface area contributed by atoms with E-state index in [0.29, 0.717) is 0 Å².